The highest BCUT2D eigenvalue weighted by atomic mass is 32.2. The summed E-state index contributed by atoms with van der Waals surface area (Å²) in [7, 11) is 0. The van der Waals surface area contributed by atoms with Crippen LogP contribution in [0.5, 0.6) is 0 Å². The van der Waals surface area contributed by atoms with Crippen LogP contribution >= 0.6 is 11.8 Å². The molecular formula is C18H26FN5S. The predicted molar refractivity (Wildman–Crippen MR) is 103 cm³/mol. The molecule has 0 spiro atoms. The number of aryl methyl sites for hydroxylation is 1. The van der Waals surface area contributed by atoms with Gasteiger partial charge in [0, 0.05) is 37.8 Å². The fourth-order valence-corrected chi connectivity index (χ4v) is 3.01. The Bertz CT molecular complexity index is 657. The summed E-state index contributed by atoms with van der Waals surface area (Å²) >= 11 is 1.68. The number of benzene rings is 1. The summed E-state index contributed by atoms with van der Waals surface area (Å²) in [6.45, 7) is 5.12. The fraction of sp³-hybridized carbons (Fsp3) is 0.444. The molecule has 0 saturated carbocycles. The Labute approximate surface area is 153 Å². The van der Waals surface area contributed by atoms with Gasteiger partial charge in [-0.1, -0.05) is 6.07 Å². The first-order valence-corrected chi connectivity index (χ1v) is 9.86. The van der Waals surface area contributed by atoms with E-state index in [0.717, 1.165) is 48.9 Å². The second kappa shape index (κ2) is 10.8. The molecule has 0 aliphatic heterocycles. The van der Waals surface area contributed by atoms with E-state index in [1.165, 1.54) is 6.07 Å². The number of halogens is 1. The number of guanidine groups is 1. The lowest BCUT2D eigenvalue weighted by Crippen LogP contribution is -2.38. The number of imidazole rings is 1. The third-order valence-electron chi connectivity index (χ3n) is 3.66. The highest BCUT2D eigenvalue weighted by Crippen LogP contribution is 2.17. The van der Waals surface area contributed by atoms with Crippen molar-refractivity contribution in [2.24, 2.45) is 4.99 Å². The topological polar surface area (TPSA) is 54.2 Å². The number of aliphatic imine (C=N–C) groups is 1. The lowest BCUT2D eigenvalue weighted by molar-refractivity contribution is 0.623. The first-order valence-electron chi connectivity index (χ1n) is 8.47. The van der Waals surface area contributed by atoms with E-state index in [-0.39, 0.29) is 5.82 Å². The molecule has 1 aromatic heterocycles. The van der Waals surface area contributed by atoms with Crippen LogP contribution in [0.3, 0.4) is 0 Å². The number of hydrogen-bond acceptors (Lipinski definition) is 3. The zero-order valence-corrected chi connectivity index (χ0v) is 15.7. The first-order chi connectivity index (χ1) is 12.2. The van der Waals surface area contributed by atoms with Crippen molar-refractivity contribution in [1.29, 1.82) is 0 Å². The summed E-state index contributed by atoms with van der Waals surface area (Å²) in [4.78, 5) is 8.67. The monoisotopic (exact) mass is 363 g/mol. The Morgan fingerprint density at radius 2 is 2.20 bits per heavy atom. The molecule has 2 rings (SSSR count). The molecule has 1 heterocycles. The Morgan fingerprint density at radius 1 is 1.32 bits per heavy atom. The van der Waals surface area contributed by atoms with Crippen LogP contribution in [0.4, 0.5) is 4.39 Å². The van der Waals surface area contributed by atoms with Gasteiger partial charge in [-0.25, -0.2) is 14.4 Å². The number of thioether (sulfide) groups is 1. The van der Waals surface area contributed by atoms with Crippen molar-refractivity contribution in [3.05, 3.63) is 53.9 Å². The van der Waals surface area contributed by atoms with E-state index in [2.05, 4.69) is 25.2 Å². The van der Waals surface area contributed by atoms with Crippen molar-refractivity contribution in [2.45, 2.75) is 32.2 Å². The molecule has 2 aromatic rings. The van der Waals surface area contributed by atoms with Crippen LogP contribution in [0.2, 0.25) is 0 Å². The zero-order valence-electron chi connectivity index (χ0n) is 14.8. The van der Waals surface area contributed by atoms with Crippen molar-refractivity contribution < 1.29 is 4.39 Å². The molecule has 0 aliphatic rings. The maximum atomic E-state index is 13.4. The minimum atomic E-state index is -0.193. The zero-order chi connectivity index (χ0) is 17.9. The number of nitrogens with one attached hydrogen (secondary N) is 2. The summed E-state index contributed by atoms with van der Waals surface area (Å²) in [6.07, 6.45) is 8.56. The second-order valence-electron chi connectivity index (χ2n) is 5.62. The van der Waals surface area contributed by atoms with Gasteiger partial charge in [0.15, 0.2) is 5.96 Å². The quantitative estimate of drug-likeness (QED) is 0.408. The van der Waals surface area contributed by atoms with Crippen LogP contribution in [0.15, 0.2) is 41.9 Å². The molecule has 0 atom stereocenters. The van der Waals surface area contributed by atoms with E-state index in [4.69, 9.17) is 0 Å². The number of hydrogen-bond donors (Lipinski definition) is 2. The van der Waals surface area contributed by atoms with Crippen molar-refractivity contribution in [1.82, 2.24) is 20.2 Å². The van der Waals surface area contributed by atoms with Crippen molar-refractivity contribution >= 4 is 17.7 Å². The smallest absolute Gasteiger partial charge is 0.191 e. The van der Waals surface area contributed by atoms with Gasteiger partial charge in [-0.05, 0) is 42.9 Å². The molecule has 0 bridgehead atoms. The molecule has 0 saturated heterocycles. The Balaban J connectivity index is 1.90. The highest BCUT2D eigenvalue weighted by Gasteiger charge is 2.04. The third kappa shape index (κ3) is 6.78. The summed E-state index contributed by atoms with van der Waals surface area (Å²) in [6, 6.07) is 4.93. The van der Waals surface area contributed by atoms with Gasteiger partial charge in [0.1, 0.15) is 5.82 Å². The second-order valence-corrected chi connectivity index (χ2v) is 6.49. The number of nitrogens with zero attached hydrogens (tertiary/aromatic N) is 3. The van der Waals surface area contributed by atoms with E-state index in [1.807, 2.05) is 31.8 Å². The summed E-state index contributed by atoms with van der Waals surface area (Å²) in [5.74, 6) is 1.38. The largest absolute Gasteiger partial charge is 0.357 e. The van der Waals surface area contributed by atoms with E-state index in [9.17, 15) is 4.39 Å². The van der Waals surface area contributed by atoms with E-state index < -0.39 is 0 Å². The average molecular weight is 364 g/mol. The van der Waals surface area contributed by atoms with Crippen LogP contribution in [-0.4, -0.2) is 34.9 Å². The van der Waals surface area contributed by atoms with Gasteiger partial charge in [0.2, 0.25) is 0 Å². The maximum absolute atomic E-state index is 13.4. The normalized spacial score (nSPS) is 11.6. The molecule has 0 aliphatic carbocycles. The van der Waals surface area contributed by atoms with Crippen LogP contribution in [-0.2, 0) is 18.8 Å². The van der Waals surface area contributed by atoms with Crippen LogP contribution in [0.1, 0.15) is 24.5 Å². The molecule has 7 heteroatoms. The van der Waals surface area contributed by atoms with Gasteiger partial charge in [0.25, 0.3) is 0 Å². The van der Waals surface area contributed by atoms with Crippen LogP contribution in [0.25, 0.3) is 0 Å². The summed E-state index contributed by atoms with van der Waals surface area (Å²) < 4.78 is 15.5. The van der Waals surface area contributed by atoms with Crippen LogP contribution in [0, 0.1) is 5.82 Å². The van der Waals surface area contributed by atoms with Crippen molar-refractivity contribution in [3.8, 4) is 0 Å². The van der Waals surface area contributed by atoms with Gasteiger partial charge in [0.05, 0.1) is 12.9 Å². The first kappa shape index (κ1) is 19.3. The minimum absolute atomic E-state index is 0.193. The van der Waals surface area contributed by atoms with Gasteiger partial charge >= 0.3 is 0 Å². The Hall–Kier alpha value is -2.02. The van der Waals surface area contributed by atoms with Crippen molar-refractivity contribution in [2.75, 3.05) is 19.3 Å². The summed E-state index contributed by atoms with van der Waals surface area (Å²) in [5, 5.41) is 6.59. The lowest BCUT2D eigenvalue weighted by atomic mass is 10.1. The van der Waals surface area contributed by atoms with E-state index in [0.29, 0.717) is 6.54 Å². The molecule has 2 N–H and O–H groups in total. The Morgan fingerprint density at radius 3 is 2.92 bits per heavy atom. The molecule has 0 radical (unpaired) electrons. The van der Waals surface area contributed by atoms with E-state index in [1.54, 1.807) is 24.0 Å². The van der Waals surface area contributed by atoms with Gasteiger partial charge in [-0.15, -0.1) is 0 Å². The van der Waals surface area contributed by atoms with Crippen LogP contribution < -0.4 is 10.6 Å². The SMILES string of the molecule is CCNC(=NCc1ccc(F)cc1CSC)NCCCn1ccnc1. The van der Waals surface area contributed by atoms with E-state index >= 15 is 0 Å². The van der Waals surface area contributed by atoms with Crippen molar-refractivity contribution in [3.63, 3.8) is 0 Å². The average Bonchev–Trinajstić information content (AvgIpc) is 3.11. The number of aromatic nitrogens is 2. The number of rotatable bonds is 9. The lowest BCUT2D eigenvalue weighted by Gasteiger charge is -2.12. The Kier molecular flexibility index (Phi) is 8.31. The van der Waals surface area contributed by atoms with Gasteiger partial charge in [-0.3, -0.25) is 0 Å². The van der Waals surface area contributed by atoms with Gasteiger partial charge in [-0.2, -0.15) is 11.8 Å². The highest BCUT2D eigenvalue weighted by molar-refractivity contribution is 7.97. The molecular weight excluding hydrogens is 337 g/mol. The third-order valence-corrected chi connectivity index (χ3v) is 4.26. The standard InChI is InChI=1S/C18H26FN5S/c1-3-21-18(22-7-4-9-24-10-8-20-14-24)23-12-15-5-6-17(19)11-16(15)13-25-2/h5-6,8,10-11,14H,3-4,7,9,12-13H2,1-2H3,(H2,21,22,23). The molecule has 1 aromatic carbocycles. The molecule has 5 nitrogen and oxygen atoms in total. The maximum Gasteiger partial charge on any atom is 0.191 e. The molecule has 0 amide bonds. The fourth-order valence-electron chi connectivity index (χ4n) is 2.43. The molecule has 0 unspecified atom stereocenters. The molecule has 0 fully saturated rings. The summed E-state index contributed by atoms with van der Waals surface area (Å²) in [5.41, 5.74) is 2.07. The minimum Gasteiger partial charge on any atom is -0.357 e. The van der Waals surface area contributed by atoms with Gasteiger partial charge < -0.3 is 15.2 Å². The molecule has 25 heavy (non-hydrogen) atoms. The molecule has 136 valence electrons. The predicted octanol–water partition coefficient (Wildman–Crippen LogP) is 3.03.